The zero-order chi connectivity index (χ0) is 24.2. The minimum Gasteiger partial charge on any atom is -0.374 e. The molecule has 0 saturated carbocycles. The van der Waals surface area contributed by atoms with Gasteiger partial charge in [-0.1, -0.05) is 72.4 Å². The highest BCUT2D eigenvalue weighted by Gasteiger charge is 2.48. The van der Waals surface area contributed by atoms with E-state index in [1.165, 1.54) is 16.2 Å². The van der Waals surface area contributed by atoms with E-state index in [4.69, 9.17) is 19.9 Å². The van der Waals surface area contributed by atoms with Crippen LogP contribution in [-0.2, 0) is 27.4 Å². The van der Waals surface area contributed by atoms with Crippen LogP contribution in [0.2, 0.25) is 0 Å². The van der Waals surface area contributed by atoms with Crippen molar-refractivity contribution in [1.82, 2.24) is 19.4 Å². The highest BCUT2D eigenvalue weighted by molar-refractivity contribution is 7.98. The fraction of sp³-hybridized carbons (Fsp3) is 0.320. The maximum Gasteiger partial charge on any atom is 0.239 e. The van der Waals surface area contributed by atoms with Crippen molar-refractivity contribution in [2.24, 2.45) is 0 Å². The molecule has 2 aromatic carbocycles. The zero-order valence-corrected chi connectivity index (χ0v) is 20.0. The van der Waals surface area contributed by atoms with E-state index in [9.17, 15) is 0 Å². The largest absolute Gasteiger partial charge is 0.374 e. The molecule has 0 aliphatic carbocycles. The molecule has 0 amide bonds. The van der Waals surface area contributed by atoms with Gasteiger partial charge in [-0.05, 0) is 17.4 Å². The predicted molar refractivity (Wildman–Crippen MR) is 131 cm³/mol. The van der Waals surface area contributed by atoms with Gasteiger partial charge in [0.15, 0.2) is 11.3 Å². The lowest BCUT2D eigenvalue weighted by Crippen LogP contribution is -2.34. The lowest BCUT2D eigenvalue weighted by atomic mass is 10.1. The van der Waals surface area contributed by atoms with E-state index < -0.39 is 24.5 Å². The maximum atomic E-state index is 15.8. The average Bonchev–Trinajstić information content (AvgIpc) is 3.45. The van der Waals surface area contributed by atoms with Crippen molar-refractivity contribution in [3.63, 3.8) is 0 Å². The number of aromatic nitrogens is 4. The third-order valence-electron chi connectivity index (χ3n) is 5.80. The van der Waals surface area contributed by atoms with Crippen molar-refractivity contribution in [2.45, 2.75) is 42.9 Å². The SMILES string of the molecule is CSc1nc(N)n2cc(C3O[C@H](COCc4ccccc4)[C@@H](OCc4ccccc4)[C@H]3F)nc2n1. The highest BCUT2D eigenvalue weighted by atomic mass is 32.2. The Morgan fingerprint density at radius 1 is 1.00 bits per heavy atom. The van der Waals surface area contributed by atoms with Gasteiger partial charge < -0.3 is 19.9 Å². The van der Waals surface area contributed by atoms with Crippen LogP contribution in [0.15, 0.2) is 72.0 Å². The van der Waals surface area contributed by atoms with E-state index in [1.807, 2.05) is 66.9 Å². The van der Waals surface area contributed by atoms with Crippen molar-refractivity contribution < 1.29 is 18.6 Å². The first-order chi connectivity index (χ1) is 17.1. The minimum absolute atomic E-state index is 0.178. The molecule has 3 heterocycles. The molecule has 1 unspecified atom stereocenters. The molecule has 1 fully saturated rings. The topological polar surface area (TPSA) is 96.8 Å². The van der Waals surface area contributed by atoms with Gasteiger partial charge >= 0.3 is 0 Å². The number of hydrogen-bond acceptors (Lipinski definition) is 8. The molecule has 0 radical (unpaired) electrons. The number of nitrogen functional groups attached to an aromatic ring is 1. The van der Waals surface area contributed by atoms with Crippen LogP contribution in [0.4, 0.5) is 10.3 Å². The molecule has 2 N–H and O–H groups in total. The molecule has 10 heteroatoms. The molecule has 35 heavy (non-hydrogen) atoms. The van der Waals surface area contributed by atoms with Crippen LogP contribution in [-0.4, -0.2) is 50.6 Å². The molecule has 8 nitrogen and oxygen atoms in total. The van der Waals surface area contributed by atoms with Gasteiger partial charge in [-0.25, -0.2) is 9.37 Å². The monoisotopic (exact) mass is 495 g/mol. The standard InChI is InChI=1S/C25H26FN5O3S/c1-35-25-29-23(27)31-12-18(28-24(31)30-25)21-20(26)22(33-14-17-10-6-3-7-11-17)19(34-21)15-32-13-16-8-4-2-5-9-16/h2-12,19-22H,13-15H2,1H3,(H2,27,28,29,30)/t19-,20+,21?,22-/m1/s1. The van der Waals surface area contributed by atoms with Crippen LogP contribution in [0.25, 0.3) is 5.78 Å². The smallest absolute Gasteiger partial charge is 0.239 e. The Labute approximate surface area is 206 Å². The number of anilines is 1. The molecule has 5 rings (SSSR count). The van der Waals surface area contributed by atoms with E-state index in [1.54, 1.807) is 6.20 Å². The summed E-state index contributed by atoms with van der Waals surface area (Å²) in [6.45, 7) is 0.834. The molecule has 1 aliphatic rings. The second-order valence-electron chi connectivity index (χ2n) is 8.21. The van der Waals surface area contributed by atoms with Crippen LogP contribution in [0.5, 0.6) is 0 Å². The first-order valence-electron chi connectivity index (χ1n) is 11.3. The number of halogens is 1. The summed E-state index contributed by atoms with van der Waals surface area (Å²) in [6, 6.07) is 19.4. The molecule has 1 saturated heterocycles. The number of hydrogen-bond donors (Lipinski definition) is 1. The Bertz CT molecular complexity index is 1260. The second-order valence-corrected chi connectivity index (χ2v) is 8.98. The summed E-state index contributed by atoms with van der Waals surface area (Å²) in [6.07, 6.45) is -0.374. The normalized spacial score (nSPS) is 22.1. The number of imidazole rings is 1. The summed E-state index contributed by atoms with van der Waals surface area (Å²) in [7, 11) is 0. The van der Waals surface area contributed by atoms with Crippen molar-refractivity contribution in [3.8, 4) is 0 Å². The van der Waals surface area contributed by atoms with Gasteiger partial charge in [0.05, 0.1) is 25.5 Å². The van der Waals surface area contributed by atoms with Gasteiger partial charge in [0.25, 0.3) is 0 Å². The summed E-state index contributed by atoms with van der Waals surface area (Å²) in [5.41, 5.74) is 8.41. The van der Waals surface area contributed by atoms with Crippen molar-refractivity contribution >= 4 is 23.5 Å². The summed E-state index contributed by atoms with van der Waals surface area (Å²) < 4.78 is 35.4. The average molecular weight is 496 g/mol. The van der Waals surface area contributed by atoms with E-state index in [2.05, 4.69) is 15.0 Å². The van der Waals surface area contributed by atoms with Crippen LogP contribution in [0.1, 0.15) is 22.9 Å². The van der Waals surface area contributed by atoms with Gasteiger partial charge in [-0.3, -0.25) is 4.40 Å². The van der Waals surface area contributed by atoms with Gasteiger partial charge in [0.1, 0.15) is 18.3 Å². The molecular formula is C25H26FN5O3S. The number of alkyl halides is 1. The third kappa shape index (κ3) is 5.30. The van der Waals surface area contributed by atoms with Gasteiger partial charge in [0.2, 0.25) is 11.7 Å². The van der Waals surface area contributed by atoms with Crippen LogP contribution in [0.3, 0.4) is 0 Å². The molecule has 4 aromatic rings. The summed E-state index contributed by atoms with van der Waals surface area (Å²) in [4.78, 5) is 13.1. The Kier molecular flexibility index (Phi) is 7.24. The van der Waals surface area contributed by atoms with Gasteiger partial charge in [-0.15, -0.1) is 0 Å². The van der Waals surface area contributed by atoms with Gasteiger partial charge in [-0.2, -0.15) is 9.97 Å². The molecule has 2 aromatic heterocycles. The lowest BCUT2D eigenvalue weighted by Gasteiger charge is -2.20. The Morgan fingerprint density at radius 2 is 1.69 bits per heavy atom. The van der Waals surface area contributed by atoms with E-state index >= 15 is 4.39 Å². The molecular weight excluding hydrogens is 469 g/mol. The van der Waals surface area contributed by atoms with Gasteiger partial charge in [0, 0.05) is 6.20 Å². The van der Waals surface area contributed by atoms with E-state index in [-0.39, 0.29) is 19.2 Å². The van der Waals surface area contributed by atoms with Crippen LogP contribution >= 0.6 is 11.8 Å². The summed E-state index contributed by atoms with van der Waals surface area (Å²) in [5.74, 6) is 0.573. The fourth-order valence-corrected chi connectivity index (χ4v) is 4.40. The Balaban J connectivity index is 1.35. The first-order valence-corrected chi connectivity index (χ1v) is 12.5. The van der Waals surface area contributed by atoms with Crippen molar-refractivity contribution in [2.75, 3.05) is 18.6 Å². The molecule has 4 atom stereocenters. The Hall–Kier alpha value is -3.05. The van der Waals surface area contributed by atoms with Crippen LogP contribution in [0, 0.1) is 0 Å². The predicted octanol–water partition coefficient (Wildman–Crippen LogP) is 4.01. The second kappa shape index (κ2) is 10.7. The fourth-order valence-electron chi connectivity index (χ4n) is 4.04. The summed E-state index contributed by atoms with van der Waals surface area (Å²) >= 11 is 1.35. The number of rotatable bonds is 9. The minimum atomic E-state index is -1.46. The number of nitrogens with two attached hydrogens (primary N) is 1. The molecule has 182 valence electrons. The van der Waals surface area contributed by atoms with E-state index in [0.717, 1.165) is 11.1 Å². The summed E-state index contributed by atoms with van der Waals surface area (Å²) in [5, 5.41) is 0.493. The van der Waals surface area contributed by atoms with Crippen LogP contribution < -0.4 is 5.73 Å². The lowest BCUT2D eigenvalue weighted by molar-refractivity contribution is -0.0740. The first kappa shape index (κ1) is 23.7. The van der Waals surface area contributed by atoms with Crippen molar-refractivity contribution in [1.29, 1.82) is 0 Å². The van der Waals surface area contributed by atoms with E-state index in [0.29, 0.717) is 23.2 Å². The molecule has 0 bridgehead atoms. The highest BCUT2D eigenvalue weighted by Crippen LogP contribution is 2.38. The zero-order valence-electron chi connectivity index (χ0n) is 19.2. The quantitative estimate of drug-likeness (QED) is 0.348. The van der Waals surface area contributed by atoms with Crippen molar-refractivity contribution in [3.05, 3.63) is 83.7 Å². The number of fused-ring (bicyclic) bond motifs is 1. The Morgan fingerprint density at radius 3 is 2.37 bits per heavy atom. The number of ether oxygens (including phenoxy) is 3. The third-order valence-corrected chi connectivity index (χ3v) is 6.35. The number of nitrogens with zero attached hydrogens (tertiary/aromatic N) is 4. The number of benzene rings is 2. The number of thioether (sulfide) groups is 1. The maximum absolute atomic E-state index is 15.8. The molecule has 1 aliphatic heterocycles. The molecule has 0 spiro atoms.